The van der Waals surface area contributed by atoms with Crippen LogP contribution in [0.15, 0.2) is 53.4 Å². The summed E-state index contributed by atoms with van der Waals surface area (Å²) in [4.78, 5) is 0.330. The molecule has 0 N–H and O–H groups in total. The molecular weight excluding hydrogens is 272 g/mol. The highest BCUT2D eigenvalue weighted by molar-refractivity contribution is 7.90. The summed E-state index contributed by atoms with van der Waals surface area (Å²) in [5.74, 6) is 0.805. The molecule has 3 nitrogen and oxygen atoms in total. The maximum atomic E-state index is 11.4. The van der Waals surface area contributed by atoms with Gasteiger partial charge in [0.1, 0.15) is 5.75 Å². The molecule has 0 aliphatic rings. The topological polar surface area (TPSA) is 43.4 Å². The number of benzene rings is 2. The van der Waals surface area contributed by atoms with E-state index in [1.807, 2.05) is 36.4 Å². The lowest BCUT2D eigenvalue weighted by Crippen LogP contribution is -1.95. The molecule has 0 spiro atoms. The van der Waals surface area contributed by atoms with E-state index in [4.69, 9.17) is 4.74 Å². The Hall–Kier alpha value is -2.07. The molecule has 0 saturated heterocycles. The molecule has 2 rings (SSSR count). The monoisotopic (exact) mass is 288 g/mol. The number of ether oxygens (including phenoxy) is 1. The summed E-state index contributed by atoms with van der Waals surface area (Å²) < 4.78 is 27.9. The highest BCUT2D eigenvalue weighted by atomic mass is 32.2. The molecule has 104 valence electrons. The van der Waals surface area contributed by atoms with Gasteiger partial charge in [-0.1, -0.05) is 36.4 Å². The zero-order chi connectivity index (χ0) is 14.6. The summed E-state index contributed by atoms with van der Waals surface area (Å²) in [5, 5.41) is 0. The van der Waals surface area contributed by atoms with Crippen molar-refractivity contribution in [2.24, 2.45) is 0 Å². The third-order valence-corrected chi connectivity index (χ3v) is 4.00. The van der Waals surface area contributed by atoms with Gasteiger partial charge in [0, 0.05) is 6.26 Å². The van der Waals surface area contributed by atoms with E-state index < -0.39 is 9.84 Å². The van der Waals surface area contributed by atoms with Crippen molar-refractivity contribution < 1.29 is 13.2 Å². The van der Waals surface area contributed by atoms with Crippen molar-refractivity contribution in [3.05, 3.63) is 59.7 Å². The minimum Gasteiger partial charge on any atom is -0.497 e. The summed E-state index contributed by atoms with van der Waals surface area (Å²) in [6.07, 6.45) is 5.09. The smallest absolute Gasteiger partial charge is 0.175 e. The van der Waals surface area contributed by atoms with Gasteiger partial charge in [-0.05, 0) is 35.4 Å². The molecule has 0 aromatic heterocycles. The molecule has 0 bridgehead atoms. The van der Waals surface area contributed by atoms with E-state index in [-0.39, 0.29) is 0 Å². The second kappa shape index (κ2) is 5.92. The van der Waals surface area contributed by atoms with Crippen LogP contribution in [-0.4, -0.2) is 21.8 Å². The molecule has 0 saturated carbocycles. The van der Waals surface area contributed by atoms with E-state index in [0.717, 1.165) is 16.9 Å². The SMILES string of the molecule is COc1cccc(/C=C/c2ccc(S(C)(=O)=O)cc2)c1. The lowest BCUT2D eigenvalue weighted by Gasteiger charge is -2.01. The molecule has 2 aromatic rings. The van der Waals surface area contributed by atoms with Crippen LogP contribution in [0.25, 0.3) is 12.2 Å². The van der Waals surface area contributed by atoms with Crippen LogP contribution in [0.3, 0.4) is 0 Å². The average molecular weight is 288 g/mol. The Morgan fingerprint density at radius 1 is 0.950 bits per heavy atom. The Labute approximate surface area is 119 Å². The van der Waals surface area contributed by atoms with Crippen LogP contribution < -0.4 is 4.74 Å². The van der Waals surface area contributed by atoms with Gasteiger partial charge in [0.25, 0.3) is 0 Å². The molecule has 2 aromatic carbocycles. The Bertz CT molecular complexity index is 714. The van der Waals surface area contributed by atoms with Gasteiger partial charge in [0.05, 0.1) is 12.0 Å². The largest absolute Gasteiger partial charge is 0.497 e. The molecule has 0 amide bonds. The summed E-state index contributed by atoms with van der Waals surface area (Å²) in [6.45, 7) is 0. The highest BCUT2D eigenvalue weighted by Crippen LogP contribution is 2.16. The highest BCUT2D eigenvalue weighted by Gasteiger charge is 2.04. The van der Waals surface area contributed by atoms with E-state index in [9.17, 15) is 8.42 Å². The maximum Gasteiger partial charge on any atom is 0.175 e. The van der Waals surface area contributed by atoms with Gasteiger partial charge >= 0.3 is 0 Å². The van der Waals surface area contributed by atoms with E-state index in [0.29, 0.717) is 4.90 Å². The minimum absolute atomic E-state index is 0.330. The minimum atomic E-state index is -3.14. The van der Waals surface area contributed by atoms with Crippen LogP contribution in [0.1, 0.15) is 11.1 Å². The second-order valence-electron chi connectivity index (χ2n) is 4.45. The zero-order valence-corrected chi connectivity index (χ0v) is 12.2. The molecule has 0 fully saturated rings. The van der Waals surface area contributed by atoms with Crippen molar-refractivity contribution in [1.29, 1.82) is 0 Å². The summed E-state index contributed by atoms with van der Waals surface area (Å²) in [5.41, 5.74) is 1.97. The number of rotatable bonds is 4. The first-order valence-corrected chi connectivity index (χ1v) is 8.00. The first-order valence-electron chi connectivity index (χ1n) is 6.11. The van der Waals surface area contributed by atoms with Crippen molar-refractivity contribution in [2.75, 3.05) is 13.4 Å². The van der Waals surface area contributed by atoms with Crippen LogP contribution in [0, 0.1) is 0 Å². The molecule has 4 heteroatoms. The predicted molar refractivity (Wildman–Crippen MR) is 81.5 cm³/mol. The third kappa shape index (κ3) is 3.71. The summed E-state index contributed by atoms with van der Waals surface area (Å²) in [6, 6.07) is 14.5. The molecule has 0 aliphatic carbocycles. The fraction of sp³-hybridized carbons (Fsp3) is 0.125. The van der Waals surface area contributed by atoms with Gasteiger partial charge < -0.3 is 4.74 Å². The zero-order valence-electron chi connectivity index (χ0n) is 11.4. The van der Waals surface area contributed by atoms with Crippen LogP contribution in [0.5, 0.6) is 5.75 Å². The average Bonchev–Trinajstić information content (AvgIpc) is 2.45. The number of hydrogen-bond donors (Lipinski definition) is 0. The molecule has 0 unspecified atom stereocenters. The Morgan fingerprint density at radius 3 is 2.20 bits per heavy atom. The third-order valence-electron chi connectivity index (χ3n) is 2.87. The number of sulfone groups is 1. The molecule has 20 heavy (non-hydrogen) atoms. The predicted octanol–water partition coefficient (Wildman–Crippen LogP) is 3.27. The molecule has 0 atom stereocenters. The van der Waals surface area contributed by atoms with Gasteiger partial charge in [-0.25, -0.2) is 8.42 Å². The van der Waals surface area contributed by atoms with Gasteiger partial charge in [-0.3, -0.25) is 0 Å². The van der Waals surface area contributed by atoms with Crippen molar-refractivity contribution >= 4 is 22.0 Å². The van der Waals surface area contributed by atoms with Crippen molar-refractivity contribution in [2.45, 2.75) is 4.90 Å². The Kier molecular flexibility index (Phi) is 4.25. The Morgan fingerprint density at radius 2 is 1.60 bits per heavy atom. The number of methoxy groups -OCH3 is 1. The molecule has 0 radical (unpaired) electrons. The fourth-order valence-corrected chi connectivity index (χ4v) is 2.39. The first-order chi connectivity index (χ1) is 9.49. The summed E-state index contributed by atoms with van der Waals surface area (Å²) >= 11 is 0. The summed E-state index contributed by atoms with van der Waals surface area (Å²) in [7, 11) is -1.50. The van der Waals surface area contributed by atoms with E-state index in [1.165, 1.54) is 6.26 Å². The van der Waals surface area contributed by atoms with Crippen molar-refractivity contribution in [1.82, 2.24) is 0 Å². The van der Waals surface area contributed by atoms with Crippen LogP contribution in [0.2, 0.25) is 0 Å². The second-order valence-corrected chi connectivity index (χ2v) is 6.47. The standard InChI is InChI=1S/C16H16O3S/c1-19-15-5-3-4-14(12-15)7-6-13-8-10-16(11-9-13)20(2,17)18/h3-12H,1-2H3/b7-6+. The van der Waals surface area contributed by atoms with Gasteiger partial charge in [0.2, 0.25) is 0 Å². The van der Waals surface area contributed by atoms with Gasteiger partial charge in [-0.2, -0.15) is 0 Å². The van der Waals surface area contributed by atoms with E-state index >= 15 is 0 Å². The number of hydrogen-bond acceptors (Lipinski definition) is 3. The van der Waals surface area contributed by atoms with E-state index in [1.54, 1.807) is 31.4 Å². The Balaban J connectivity index is 2.19. The van der Waals surface area contributed by atoms with Gasteiger partial charge in [0.15, 0.2) is 9.84 Å². The van der Waals surface area contributed by atoms with Crippen LogP contribution >= 0.6 is 0 Å². The lowest BCUT2D eigenvalue weighted by atomic mass is 10.1. The molecule has 0 aliphatic heterocycles. The van der Waals surface area contributed by atoms with Crippen LogP contribution in [0.4, 0.5) is 0 Å². The van der Waals surface area contributed by atoms with E-state index in [2.05, 4.69) is 0 Å². The van der Waals surface area contributed by atoms with Crippen molar-refractivity contribution in [3.8, 4) is 5.75 Å². The quantitative estimate of drug-likeness (QED) is 0.811. The maximum absolute atomic E-state index is 11.4. The first kappa shape index (κ1) is 14.3. The van der Waals surface area contributed by atoms with Gasteiger partial charge in [-0.15, -0.1) is 0 Å². The fourth-order valence-electron chi connectivity index (χ4n) is 1.76. The lowest BCUT2D eigenvalue weighted by molar-refractivity contribution is 0.414. The van der Waals surface area contributed by atoms with Crippen LogP contribution in [-0.2, 0) is 9.84 Å². The van der Waals surface area contributed by atoms with Crippen molar-refractivity contribution in [3.63, 3.8) is 0 Å². The molecular formula is C16H16O3S. The molecule has 0 heterocycles. The normalized spacial score (nSPS) is 11.7.